The largest absolute Gasteiger partial charge is 0.494 e. The van der Waals surface area contributed by atoms with Gasteiger partial charge in [0, 0.05) is 3.57 Å². The van der Waals surface area contributed by atoms with E-state index >= 15 is 0 Å². The van der Waals surface area contributed by atoms with Gasteiger partial charge in [0.05, 0.1) is 18.2 Å². The van der Waals surface area contributed by atoms with Crippen LogP contribution in [0.5, 0.6) is 5.75 Å². The maximum Gasteiger partial charge on any atom is 0.252 e. The number of amides is 1. The molecule has 110 valence electrons. The van der Waals surface area contributed by atoms with Crippen molar-refractivity contribution in [2.24, 2.45) is 0 Å². The van der Waals surface area contributed by atoms with Crippen molar-refractivity contribution in [3.8, 4) is 5.75 Å². The summed E-state index contributed by atoms with van der Waals surface area (Å²) in [4.78, 5) is 12.3. The van der Waals surface area contributed by atoms with E-state index in [1.54, 1.807) is 0 Å². The van der Waals surface area contributed by atoms with Gasteiger partial charge in [-0.25, -0.2) is 0 Å². The average Bonchev–Trinajstić information content (AvgIpc) is 2.48. The number of carbonyl (C=O) groups excluding carboxylic acids is 1. The smallest absolute Gasteiger partial charge is 0.252 e. The normalized spacial score (nSPS) is 11.8. The van der Waals surface area contributed by atoms with E-state index in [0.717, 1.165) is 14.9 Å². The molecule has 4 heteroatoms. The molecule has 3 nitrogen and oxygen atoms in total. The van der Waals surface area contributed by atoms with Gasteiger partial charge in [-0.3, -0.25) is 4.79 Å². The van der Waals surface area contributed by atoms with Crippen molar-refractivity contribution in [2.45, 2.75) is 19.9 Å². The van der Waals surface area contributed by atoms with Crippen molar-refractivity contribution in [1.29, 1.82) is 0 Å². The van der Waals surface area contributed by atoms with Crippen LogP contribution in [0.3, 0.4) is 0 Å². The summed E-state index contributed by atoms with van der Waals surface area (Å²) in [7, 11) is 0. The zero-order chi connectivity index (χ0) is 15.2. The van der Waals surface area contributed by atoms with Gasteiger partial charge in [0.15, 0.2) is 0 Å². The summed E-state index contributed by atoms with van der Waals surface area (Å²) in [6.07, 6.45) is 0. The van der Waals surface area contributed by atoms with E-state index in [2.05, 4.69) is 27.9 Å². The van der Waals surface area contributed by atoms with Gasteiger partial charge in [-0.1, -0.05) is 24.3 Å². The number of nitrogens with one attached hydrogen (secondary N) is 1. The molecule has 0 unspecified atom stereocenters. The van der Waals surface area contributed by atoms with Gasteiger partial charge < -0.3 is 10.1 Å². The van der Waals surface area contributed by atoms with Crippen LogP contribution in [0, 0.1) is 3.57 Å². The Morgan fingerprint density at radius 3 is 2.48 bits per heavy atom. The molecule has 2 aromatic carbocycles. The predicted octanol–water partition coefficient (Wildman–Crippen LogP) is 4.18. The summed E-state index contributed by atoms with van der Waals surface area (Å²) in [5.74, 6) is 0.791. The highest BCUT2D eigenvalue weighted by Crippen LogP contribution is 2.19. The Labute approximate surface area is 138 Å². The van der Waals surface area contributed by atoms with Crippen LogP contribution in [0.1, 0.15) is 35.8 Å². The van der Waals surface area contributed by atoms with Gasteiger partial charge in [0.25, 0.3) is 5.91 Å². The van der Waals surface area contributed by atoms with Crippen LogP contribution in [-0.4, -0.2) is 12.5 Å². The number of rotatable bonds is 5. The van der Waals surface area contributed by atoms with E-state index in [-0.39, 0.29) is 11.9 Å². The van der Waals surface area contributed by atoms with Crippen LogP contribution < -0.4 is 10.1 Å². The molecule has 1 amide bonds. The van der Waals surface area contributed by atoms with Crippen molar-refractivity contribution < 1.29 is 9.53 Å². The Balaban J connectivity index is 2.05. The zero-order valence-electron chi connectivity index (χ0n) is 12.1. The Bertz CT molecular complexity index is 610. The Kier molecular flexibility index (Phi) is 5.61. The fourth-order valence-corrected chi connectivity index (χ4v) is 2.65. The second-order valence-corrected chi connectivity index (χ2v) is 5.84. The summed E-state index contributed by atoms with van der Waals surface area (Å²) in [6, 6.07) is 15.3. The number of ether oxygens (including phenoxy) is 1. The van der Waals surface area contributed by atoms with Gasteiger partial charge >= 0.3 is 0 Å². The molecule has 0 saturated carbocycles. The highest BCUT2D eigenvalue weighted by molar-refractivity contribution is 14.1. The first kappa shape index (κ1) is 15.8. The number of benzene rings is 2. The van der Waals surface area contributed by atoms with Crippen molar-refractivity contribution in [1.82, 2.24) is 5.32 Å². The van der Waals surface area contributed by atoms with Crippen molar-refractivity contribution in [2.75, 3.05) is 6.61 Å². The number of carbonyl (C=O) groups is 1. The van der Waals surface area contributed by atoms with Crippen molar-refractivity contribution in [3.05, 3.63) is 63.2 Å². The second kappa shape index (κ2) is 7.45. The molecule has 0 radical (unpaired) electrons. The lowest BCUT2D eigenvalue weighted by Crippen LogP contribution is -2.27. The first-order valence-corrected chi connectivity index (χ1v) is 7.98. The maximum atomic E-state index is 12.3. The molecule has 2 rings (SSSR count). The third-order valence-corrected chi connectivity index (χ3v) is 4.10. The molecule has 21 heavy (non-hydrogen) atoms. The highest BCUT2D eigenvalue weighted by atomic mass is 127. The van der Waals surface area contributed by atoms with Crippen LogP contribution in [0.15, 0.2) is 48.5 Å². The minimum absolute atomic E-state index is 0.0517. The minimum Gasteiger partial charge on any atom is -0.494 e. The molecule has 2 aromatic rings. The van der Waals surface area contributed by atoms with E-state index in [1.165, 1.54) is 0 Å². The molecule has 0 aliphatic rings. The van der Waals surface area contributed by atoms with Crippen LogP contribution in [-0.2, 0) is 0 Å². The molecule has 1 atom stereocenters. The summed E-state index contributed by atoms with van der Waals surface area (Å²) in [5.41, 5.74) is 1.76. The SMILES string of the molecule is CCOc1ccc([C@@H](C)NC(=O)c2ccccc2I)cc1. The second-order valence-electron chi connectivity index (χ2n) is 4.68. The summed E-state index contributed by atoms with van der Waals surface area (Å²) in [6.45, 7) is 4.58. The fourth-order valence-electron chi connectivity index (χ4n) is 2.02. The van der Waals surface area contributed by atoms with Gasteiger partial charge in [0.1, 0.15) is 5.75 Å². The zero-order valence-corrected chi connectivity index (χ0v) is 14.3. The van der Waals surface area contributed by atoms with Crippen molar-refractivity contribution >= 4 is 28.5 Å². The first-order chi connectivity index (χ1) is 10.1. The van der Waals surface area contributed by atoms with E-state index in [0.29, 0.717) is 12.2 Å². The minimum atomic E-state index is -0.0543. The molecule has 1 N–H and O–H groups in total. The lowest BCUT2D eigenvalue weighted by molar-refractivity contribution is 0.0939. The summed E-state index contributed by atoms with van der Waals surface area (Å²) in [5, 5.41) is 3.02. The first-order valence-electron chi connectivity index (χ1n) is 6.90. The standard InChI is InChI=1S/C17H18INO2/c1-3-21-14-10-8-13(9-11-14)12(2)19-17(20)15-6-4-5-7-16(15)18/h4-12H,3H2,1-2H3,(H,19,20)/t12-/m1/s1. The topological polar surface area (TPSA) is 38.3 Å². The molecule has 0 aliphatic carbocycles. The van der Waals surface area contributed by atoms with Gasteiger partial charge in [-0.15, -0.1) is 0 Å². The highest BCUT2D eigenvalue weighted by Gasteiger charge is 2.13. The van der Waals surface area contributed by atoms with Gasteiger partial charge in [-0.05, 0) is 66.3 Å². The average molecular weight is 395 g/mol. The predicted molar refractivity (Wildman–Crippen MR) is 92.7 cm³/mol. The number of hydrogen-bond acceptors (Lipinski definition) is 2. The third-order valence-electron chi connectivity index (χ3n) is 3.16. The summed E-state index contributed by atoms with van der Waals surface area (Å²) < 4.78 is 6.37. The van der Waals surface area contributed by atoms with E-state index in [9.17, 15) is 4.79 Å². The molecule has 0 spiro atoms. The third kappa shape index (κ3) is 4.20. The van der Waals surface area contributed by atoms with E-state index in [4.69, 9.17) is 4.74 Å². The number of halogens is 1. The monoisotopic (exact) mass is 395 g/mol. The van der Waals surface area contributed by atoms with Crippen LogP contribution in [0.2, 0.25) is 0 Å². The van der Waals surface area contributed by atoms with E-state index < -0.39 is 0 Å². The lowest BCUT2D eigenvalue weighted by Gasteiger charge is -2.15. The van der Waals surface area contributed by atoms with Gasteiger partial charge in [0.2, 0.25) is 0 Å². The molecule has 0 fully saturated rings. The molecular formula is C17H18INO2. The van der Waals surface area contributed by atoms with Crippen LogP contribution in [0.25, 0.3) is 0 Å². The van der Waals surface area contributed by atoms with Gasteiger partial charge in [-0.2, -0.15) is 0 Å². The summed E-state index contributed by atoms with van der Waals surface area (Å²) >= 11 is 2.17. The Morgan fingerprint density at radius 2 is 1.86 bits per heavy atom. The van der Waals surface area contributed by atoms with Crippen LogP contribution >= 0.6 is 22.6 Å². The molecule has 0 bridgehead atoms. The lowest BCUT2D eigenvalue weighted by atomic mass is 10.1. The Hall–Kier alpha value is -1.56. The molecule has 0 aromatic heterocycles. The Morgan fingerprint density at radius 1 is 1.19 bits per heavy atom. The van der Waals surface area contributed by atoms with Crippen molar-refractivity contribution in [3.63, 3.8) is 0 Å². The van der Waals surface area contributed by atoms with Crippen LogP contribution in [0.4, 0.5) is 0 Å². The fraction of sp³-hybridized carbons (Fsp3) is 0.235. The molecule has 0 aliphatic heterocycles. The number of hydrogen-bond donors (Lipinski definition) is 1. The maximum absolute atomic E-state index is 12.3. The van der Waals surface area contributed by atoms with E-state index in [1.807, 2.05) is 62.4 Å². The molecule has 0 saturated heterocycles. The molecule has 0 heterocycles. The quantitative estimate of drug-likeness (QED) is 0.772. The molecular weight excluding hydrogens is 377 g/mol.